The smallest absolute Gasteiger partial charge is 0.472 e. The third-order valence-electron chi connectivity index (χ3n) is 0.923. The number of nitrogens with one attached hydrogen (secondary N) is 2. The maximum absolute atomic E-state index is 11.5. The first-order valence-electron chi connectivity index (χ1n) is 3.16. The Morgan fingerprint density at radius 3 is 2.23 bits per heavy atom. The van der Waals surface area contributed by atoms with Crippen LogP contribution < -0.4 is 10.9 Å². The van der Waals surface area contributed by atoms with Gasteiger partial charge in [0.1, 0.15) is 0 Å². The first-order chi connectivity index (χ1) is 5.84. The Hall–Kier alpha value is -1.31. The summed E-state index contributed by atoms with van der Waals surface area (Å²) in [4.78, 5) is 19.9. The summed E-state index contributed by atoms with van der Waals surface area (Å²) >= 11 is 0. The average Bonchev–Trinajstić information content (AvgIpc) is 1.95. The zero-order chi connectivity index (χ0) is 10.5. The van der Waals surface area contributed by atoms with Gasteiger partial charge in [-0.1, -0.05) is 0 Å². The molecule has 0 aliphatic carbocycles. The monoisotopic (exact) mass is 200 g/mol. The van der Waals surface area contributed by atoms with Crippen LogP contribution in [0.4, 0.5) is 13.2 Å². The third kappa shape index (κ3) is 5.91. The van der Waals surface area contributed by atoms with E-state index < -0.39 is 18.1 Å². The van der Waals surface area contributed by atoms with Crippen molar-refractivity contribution in [1.82, 2.24) is 10.9 Å². The highest BCUT2D eigenvalue weighted by Crippen LogP contribution is 2.13. The van der Waals surface area contributed by atoms with Crippen LogP contribution >= 0.6 is 0 Å². The minimum Gasteiger partial charge on any atom is -0.481 e. The highest BCUT2D eigenvalue weighted by molar-refractivity contribution is 5.81. The molecule has 3 N–H and O–H groups in total. The minimum absolute atomic E-state index is 0.267. The fourth-order valence-corrected chi connectivity index (χ4v) is 0.383. The molecule has 0 fully saturated rings. The lowest BCUT2D eigenvalue weighted by Crippen LogP contribution is -2.45. The third-order valence-corrected chi connectivity index (χ3v) is 0.923. The van der Waals surface area contributed by atoms with Crippen LogP contribution in [0, 0.1) is 0 Å². The van der Waals surface area contributed by atoms with E-state index in [0.717, 1.165) is 0 Å². The Kier molecular flexibility index (Phi) is 4.18. The van der Waals surface area contributed by atoms with E-state index in [1.54, 1.807) is 0 Å². The maximum atomic E-state index is 11.5. The van der Waals surface area contributed by atoms with Gasteiger partial charge in [-0.2, -0.15) is 13.2 Å². The van der Waals surface area contributed by atoms with E-state index in [4.69, 9.17) is 5.11 Å². The van der Waals surface area contributed by atoms with Crippen LogP contribution in [-0.2, 0) is 9.59 Å². The molecule has 0 saturated heterocycles. The van der Waals surface area contributed by atoms with E-state index >= 15 is 0 Å². The largest absolute Gasteiger partial charge is 0.481 e. The van der Waals surface area contributed by atoms with Crippen molar-refractivity contribution >= 4 is 11.9 Å². The lowest BCUT2D eigenvalue weighted by molar-refractivity contribution is -0.174. The summed E-state index contributed by atoms with van der Waals surface area (Å²) in [6, 6.07) is 0. The molecule has 0 rings (SSSR count). The Morgan fingerprint density at radius 2 is 1.85 bits per heavy atom. The number of carboxylic acids is 1. The molecule has 13 heavy (non-hydrogen) atoms. The molecule has 0 bridgehead atoms. The van der Waals surface area contributed by atoms with Crippen molar-refractivity contribution in [3.63, 3.8) is 0 Å². The zero-order valence-electron chi connectivity index (χ0n) is 6.31. The molecule has 8 heteroatoms. The van der Waals surface area contributed by atoms with Crippen LogP contribution in [0.15, 0.2) is 0 Å². The molecule has 0 aromatic carbocycles. The second-order valence-electron chi connectivity index (χ2n) is 2.02. The topological polar surface area (TPSA) is 78.4 Å². The number of hydrazine groups is 1. The molecule has 0 aliphatic heterocycles. The van der Waals surface area contributed by atoms with E-state index in [0.29, 0.717) is 0 Å². The highest BCUT2D eigenvalue weighted by atomic mass is 19.4. The van der Waals surface area contributed by atoms with Crippen LogP contribution in [0.2, 0.25) is 0 Å². The maximum Gasteiger partial charge on any atom is 0.472 e. The number of carboxylic acid groups (broad SMARTS) is 1. The molecule has 0 spiro atoms. The highest BCUT2D eigenvalue weighted by Gasteiger charge is 2.38. The molecule has 5 nitrogen and oxygen atoms in total. The number of aliphatic carboxylic acids is 1. The summed E-state index contributed by atoms with van der Waals surface area (Å²) in [6.45, 7) is -0.267. The standard InChI is InChI=1S/C5H7F3N2O3/c6-5(7,8)4(13)10-9-2-1-3(11)12/h9H,1-2H2,(H,10,13)(H,11,12). The summed E-state index contributed by atoms with van der Waals surface area (Å²) in [5, 5.41) is 8.06. The average molecular weight is 200 g/mol. The number of amides is 1. The molecule has 0 atom stereocenters. The van der Waals surface area contributed by atoms with E-state index in [1.165, 1.54) is 5.43 Å². The fraction of sp³-hybridized carbons (Fsp3) is 0.600. The molecular weight excluding hydrogens is 193 g/mol. The van der Waals surface area contributed by atoms with Gasteiger partial charge in [0.15, 0.2) is 0 Å². The predicted molar refractivity (Wildman–Crippen MR) is 34.5 cm³/mol. The Bertz CT molecular complexity index is 204. The lowest BCUT2D eigenvalue weighted by Gasteiger charge is -2.07. The predicted octanol–water partition coefficient (Wildman–Crippen LogP) is -0.356. The van der Waals surface area contributed by atoms with Gasteiger partial charge in [0.25, 0.3) is 0 Å². The molecule has 0 saturated carbocycles. The SMILES string of the molecule is O=C(O)CCNNC(=O)C(F)(F)F. The number of alkyl halides is 3. The minimum atomic E-state index is -4.96. The summed E-state index contributed by atoms with van der Waals surface area (Å²) in [6.07, 6.45) is -5.34. The van der Waals surface area contributed by atoms with Crippen molar-refractivity contribution in [2.45, 2.75) is 12.6 Å². The fourth-order valence-electron chi connectivity index (χ4n) is 0.383. The number of hydrogen-bond acceptors (Lipinski definition) is 3. The molecular formula is C5H7F3N2O3. The van der Waals surface area contributed by atoms with Crippen LogP contribution in [0.3, 0.4) is 0 Å². The van der Waals surface area contributed by atoms with Gasteiger partial charge >= 0.3 is 18.1 Å². The van der Waals surface area contributed by atoms with E-state index in [9.17, 15) is 22.8 Å². The summed E-state index contributed by atoms with van der Waals surface area (Å²) < 4.78 is 34.4. The number of hydrogen-bond donors (Lipinski definition) is 3. The van der Waals surface area contributed by atoms with Gasteiger partial charge < -0.3 is 5.11 Å². The van der Waals surface area contributed by atoms with Crippen molar-refractivity contribution in [1.29, 1.82) is 0 Å². The number of rotatable bonds is 4. The van der Waals surface area contributed by atoms with Crippen molar-refractivity contribution in [3.05, 3.63) is 0 Å². The van der Waals surface area contributed by atoms with Crippen LogP contribution in [-0.4, -0.2) is 29.7 Å². The van der Waals surface area contributed by atoms with E-state index in [1.807, 2.05) is 5.43 Å². The molecule has 0 aromatic rings. The zero-order valence-corrected chi connectivity index (χ0v) is 6.31. The Balaban J connectivity index is 3.55. The second kappa shape index (κ2) is 4.65. The number of carbonyl (C=O) groups excluding carboxylic acids is 1. The Labute approximate surface area is 70.9 Å². The first-order valence-corrected chi connectivity index (χ1v) is 3.16. The molecule has 0 unspecified atom stereocenters. The molecule has 76 valence electrons. The number of halogens is 3. The Morgan fingerprint density at radius 1 is 1.31 bits per heavy atom. The summed E-state index contributed by atoms with van der Waals surface area (Å²) in [7, 11) is 0. The van der Waals surface area contributed by atoms with Crippen molar-refractivity contribution in [2.24, 2.45) is 0 Å². The molecule has 1 amide bonds. The summed E-state index contributed by atoms with van der Waals surface area (Å²) in [5.74, 6) is -3.33. The van der Waals surface area contributed by atoms with E-state index in [2.05, 4.69) is 0 Å². The number of carbonyl (C=O) groups is 2. The molecule has 0 aromatic heterocycles. The van der Waals surface area contributed by atoms with Crippen LogP contribution in [0.5, 0.6) is 0 Å². The van der Waals surface area contributed by atoms with Crippen molar-refractivity contribution in [2.75, 3.05) is 6.54 Å². The molecule has 0 radical (unpaired) electrons. The quantitative estimate of drug-likeness (QED) is 0.428. The van der Waals surface area contributed by atoms with Gasteiger partial charge in [-0.3, -0.25) is 15.0 Å². The van der Waals surface area contributed by atoms with Gasteiger partial charge in [-0.25, -0.2) is 5.43 Å². The second-order valence-corrected chi connectivity index (χ2v) is 2.02. The molecule has 0 heterocycles. The van der Waals surface area contributed by atoms with Gasteiger partial charge in [0.2, 0.25) is 0 Å². The van der Waals surface area contributed by atoms with Gasteiger partial charge in [0.05, 0.1) is 6.42 Å². The van der Waals surface area contributed by atoms with Crippen molar-refractivity contribution in [3.8, 4) is 0 Å². The normalized spacial score (nSPS) is 11.0. The van der Waals surface area contributed by atoms with Gasteiger partial charge in [-0.15, -0.1) is 0 Å². The summed E-state index contributed by atoms with van der Waals surface area (Å²) in [5.41, 5.74) is 3.12. The lowest BCUT2D eigenvalue weighted by atomic mass is 10.4. The first kappa shape index (κ1) is 11.7. The molecule has 0 aliphatic rings. The van der Waals surface area contributed by atoms with Crippen LogP contribution in [0.25, 0.3) is 0 Å². The van der Waals surface area contributed by atoms with Crippen LogP contribution in [0.1, 0.15) is 6.42 Å². The van der Waals surface area contributed by atoms with Crippen molar-refractivity contribution < 1.29 is 27.9 Å². The van der Waals surface area contributed by atoms with Gasteiger partial charge in [-0.05, 0) is 0 Å². The van der Waals surface area contributed by atoms with E-state index in [-0.39, 0.29) is 13.0 Å². The van der Waals surface area contributed by atoms with Gasteiger partial charge in [0, 0.05) is 6.54 Å².